The average molecular weight is 389 g/mol. The van der Waals surface area contributed by atoms with Crippen LogP contribution in [0.15, 0.2) is 71.9 Å². The normalized spacial score (nSPS) is 15.6. The van der Waals surface area contributed by atoms with Crippen LogP contribution in [-0.2, 0) is 11.2 Å². The fourth-order valence-corrected chi connectivity index (χ4v) is 3.50. The first kappa shape index (κ1) is 18.9. The predicted octanol–water partition coefficient (Wildman–Crippen LogP) is 3.13. The number of carbonyl (C=O) groups is 1. The van der Waals surface area contributed by atoms with E-state index < -0.39 is 6.04 Å². The van der Waals surface area contributed by atoms with Crippen molar-refractivity contribution in [1.29, 1.82) is 0 Å². The third-order valence-electron chi connectivity index (χ3n) is 4.85. The molecule has 1 amide bonds. The van der Waals surface area contributed by atoms with Gasteiger partial charge in [0.2, 0.25) is 5.95 Å². The molecule has 2 aromatic carbocycles. The fourth-order valence-electron chi connectivity index (χ4n) is 3.50. The predicted molar refractivity (Wildman–Crippen MR) is 111 cm³/mol. The summed E-state index contributed by atoms with van der Waals surface area (Å²) in [5.41, 5.74) is 3.01. The van der Waals surface area contributed by atoms with E-state index in [9.17, 15) is 4.79 Å². The van der Waals surface area contributed by atoms with Crippen molar-refractivity contribution in [1.82, 2.24) is 14.8 Å². The van der Waals surface area contributed by atoms with Crippen molar-refractivity contribution < 1.29 is 9.90 Å². The molecule has 0 unspecified atom stereocenters. The zero-order valence-electron chi connectivity index (χ0n) is 16.2. The molecule has 0 fully saturated rings. The zero-order chi connectivity index (χ0) is 20.2. The van der Waals surface area contributed by atoms with E-state index in [2.05, 4.69) is 20.7 Å². The molecule has 3 aromatic rings. The molecule has 29 heavy (non-hydrogen) atoms. The molecule has 7 heteroatoms. The van der Waals surface area contributed by atoms with Crippen LogP contribution in [0.2, 0.25) is 0 Å². The lowest BCUT2D eigenvalue weighted by atomic mass is 9.95. The molecule has 0 saturated carbocycles. The van der Waals surface area contributed by atoms with Gasteiger partial charge in [0.25, 0.3) is 5.91 Å². The Morgan fingerprint density at radius 1 is 1.14 bits per heavy atom. The zero-order valence-corrected chi connectivity index (χ0v) is 16.2. The molecule has 4 rings (SSSR count). The monoisotopic (exact) mass is 389 g/mol. The van der Waals surface area contributed by atoms with Gasteiger partial charge in [-0.15, -0.1) is 0 Å². The van der Waals surface area contributed by atoms with E-state index in [4.69, 9.17) is 5.11 Å². The minimum absolute atomic E-state index is 0.0847. The number of allylic oxidation sites excluding steroid dienone is 1. The first-order valence-electron chi connectivity index (χ1n) is 9.63. The highest BCUT2D eigenvalue weighted by atomic mass is 16.3. The van der Waals surface area contributed by atoms with E-state index in [-0.39, 0.29) is 12.5 Å². The molecule has 2 heterocycles. The average Bonchev–Trinajstić information content (AvgIpc) is 3.14. The van der Waals surface area contributed by atoms with Crippen molar-refractivity contribution >= 4 is 17.5 Å². The number of aryl methyl sites for hydroxylation is 1. The molecular weight excluding hydrogens is 366 g/mol. The fraction of sp³-hybridized carbons (Fsp3) is 0.227. The lowest BCUT2D eigenvalue weighted by molar-refractivity contribution is -0.113. The third kappa shape index (κ3) is 3.90. The number of fused-ring (bicyclic) bond motifs is 1. The second-order valence-electron chi connectivity index (χ2n) is 6.92. The van der Waals surface area contributed by atoms with Gasteiger partial charge in [0.05, 0.1) is 5.57 Å². The number of aliphatic hydroxyl groups is 1. The quantitative estimate of drug-likeness (QED) is 0.602. The Kier molecular flexibility index (Phi) is 5.39. The summed E-state index contributed by atoms with van der Waals surface area (Å²) in [5, 5.41) is 20.0. The highest BCUT2D eigenvalue weighted by molar-refractivity contribution is 6.06. The number of nitrogens with one attached hydrogen (secondary N) is 2. The summed E-state index contributed by atoms with van der Waals surface area (Å²) in [5.74, 6) is 1.05. The van der Waals surface area contributed by atoms with Crippen molar-refractivity contribution in [2.45, 2.75) is 25.8 Å². The van der Waals surface area contributed by atoms with E-state index >= 15 is 0 Å². The van der Waals surface area contributed by atoms with Crippen molar-refractivity contribution in [3.63, 3.8) is 0 Å². The number of anilines is 2. The SMILES string of the molecule is CC1=C(C(=O)Nc2ccccc2)[C@@H](c2ccccc2)n2nc(CCCO)nc2N1. The standard InChI is InChI=1S/C22H23N5O2/c1-15-19(21(29)24-17-11-6-3-7-12-17)20(16-9-4-2-5-10-16)27-22(23-15)25-18(26-27)13-8-14-28/h2-7,9-12,20,28H,8,13-14H2,1H3,(H,24,29)(H,23,25,26)/t20-/m1/s1. The van der Waals surface area contributed by atoms with E-state index in [0.29, 0.717) is 30.2 Å². The van der Waals surface area contributed by atoms with Gasteiger partial charge in [-0.05, 0) is 31.0 Å². The van der Waals surface area contributed by atoms with E-state index in [1.165, 1.54) is 0 Å². The number of aromatic nitrogens is 3. The Bertz CT molecular complexity index is 1030. The van der Waals surface area contributed by atoms with Crippen LogP contribution in [0.5, 0.6) is 0 Å². The van der Waals surface area contributed by atoms with Crippen LogP contribution in [-0.4, -0.2) is 32.4 Å². The van der Waals surface area contributed by atoms with Crippen molar-refractivity contribution in [3.05, 3.63) is 83.3 Å². The lowest BCUT2D eigenvalue weighted by Gasteiger charge is -2.28. The third-order valence-corrected chi connectivity index (χ3v) is 4.85. The van der Waals surface area contributed by atoms with Crippen LogP contribution < -0.4 is 10.6 Å². The second-order valence-corrected chi connectivity index (χ2v) is 6.92. The van der Waals surface area contributed by atoms with Crippen LogP contribution in [0.1, 0.15) is 30.8 Å². The van der Waals surface area contributed by atoms with Gasteiger partial charge >= 0.3 is 0 Å². The molecule has 0 spiro atoms. The number of rotatable bonds is 6. The van der Waals surface area contributed by atoms with Gasteiger partial charge in [0.15, 0.2) is 5.82 Å². The molecule has 0 saturated heterocycles. The molecular formula is C22H23N5O2. The molecule has 1 aliphatic rings. The maximum Gasteiger partial charge on any atom is 0.255 e. The minimum atomic E-state index is -0.397. The van der Waals surface area contributed by atoms with Crippen LogP contribution in [0.25, 0.3) is 0 Å². The van der Waals surface area contributed by atoms with Gasteiger partial charge < -0.3 is 15.7 Å². The van der Waals surface area contributed by atoms with Crippen LogP contribution in [0.3, 0.4) is 0 Å². The molecule has 0 aliphatic carbocycles. The summed E-state index contributed by atoms with van der Waals surface area (Å²) in [4.78, 5) is 17.8. The Labute approximate surface area is 169 Å². The topological polar surface area (TPSA) is 92.1 Å². The molecule has 7 nitrogen and oxygen atoms in total. The molecule has 3 N–H and O–H groups in total. The minimum Gasteiger partial charge on any atom is -0.396 e. The van der Waals surface area contributed by atoms with Crippen LogP contribution in [0.4, 0.5) is 11.6 Å². The summed E-state index contributed by atoms with van der Waals surface area (Å²) >= 11 is 0. The summed E-state index contributed by atoms with van der Waals surface area (Å²) < 4.78 is 1.76. The summed E-state index contributed by atoms with van der Waals surface area (Å²) in [6, 6.07) is 18.8. The van der Waals surface area contributed by atoms with Gasteiger partial charge in [-0.3, -0.25) is 4.79 Å². The highest BCUT2D eigenvalue weighted by Gasteiger charge is 2.34. The van der Waals surface area contributed by atoms with E-state index in [1.54, 1.807) is 4.68 Å². The molecule has 0 bridgehead atoms. The Hall–Kier alpha value is -3.45. The Balaban J connectivity index is 1.74. The number of carbonyl (C=O) groups excluding carboxylic acids is 1. The summed E-state index contributed by atoms with van der Waals surface area (Å²) in [6.45, 7) is 1.96. The Morgan fingerprint density at radius 2 is 1.83 bits per heavy atom. The van der Waals surface area contributed by atoms with Gasteiger partial charge in [-0.25, -0.2) is 4.68 Å². The number of hydrogen-bond acceptors (Lipinski definition) is 5. The largest absolute Gasteiger partial charge is 0.396 e. The number of benzene rings is 2. The van der Waals surface area contributed by atoms with E-state index in [0.717, 1.165) is 16.9 Å². The maximum atomic E-state index is 13.2. The Morgan fingerprint density at radius 3 is 2.52 bits per heavy atom. The van der Waals surface area contributed by atoms with Crippen LogP contribution >= 0.6 is 0 Å². The molecule has 148 valence electrons. The number of amides is 1. The van der Waals surface area contributed by atoms with Crippen LogP contribution in [0, 0.1) is 0 Å². The number of para-hydroxylation sites is 1. The highest BCUT2D eigenvalue weighted by Crippen LogP contribution is 2.35. The molecule has 1 aromatic heterocycles. The summed E-state index contributed by atoms with van der Waals surface area (Å²) in [7, 11) is 0. The van der Waals surface area contributed by atoms with Gasteiger partial charge in [-0.2, -0.15) is 10.1 Å². The first-order chi connectivity index (χ1) is 14.2. The number of hydrogen-bond donors (Lipinski definition) is 3. The van der Waals surface area contributed by atoms with Crippen molar-refractivity contribution in [2.75, 3.05) is 17.2 Å². The summed E-state index contributed by atoms with van der Waals surface area (Å²) in [6.07, 6.45) is 1.16. The number of nitrogens with zero attached hydrogens (tertiary/aromatic N) is 3. The van der Waals surface area contributed by atoms with E-state index in [1.807, 2.05) is 67.6 Å². The molecule has 1 aliphatic heterocycles. The van der Waals surface area contributed by atoms with Gasteiger partial charge in [0.1, 0.15) is 6.04 Å². The van der Waals surface area contributed by atoms with Gasteiger partial charge in [-0.1, -0.05) is 48.5 Å². The van der Waals surface area contributed by atoms with Crippen molar-refractivity contribution in [3.8, 4) is 0 Å². The maximum absolute atomic E-state index is 13.2. The number of aliphatic hydroxyl groups excluding tert-OH is 1. The molecule has 0 radical (unpaired) electrons. The lowest BCUT2D eigenvalue weighted by Crippen LogP contribution is -2.31. The smallest absolute Gasteiger partial charge is 0.255 e. The van der Waals surface area contributed by atoms with Crippen molar-refractivity contribution in [2.24, 2.45) is 0 Å². The van der Waals surface area contributed by atoms with Gasteiger partial charge in [0, 0.05) is 24.4 Å². The molecule has 1 atom stereocenters. The second kappa shape index (κ2) is 8.28. The first-order valence-corrected chi connectivity index (χ1v) is 9.63.